The van der Waals surface area contributed by atoms with Gasteiger partial charge in [0.2, 0.25) is 29.5 Å². The van der Waals surface area contributed by atoms with Crippen molar-refractivity contribution in [3.63, 3.8) is 0 Å². The number of aliphatic imine (C=N–C) groups is 1. The van der Waals surface area contributed by atoms with Gasteiger partial charge in [-0.3, -0.25) is 29.0 Å². The van der Waals surface area contributed by atoms with E-state index in [0.717, 1.165) is 9.13 Å². The Bertz CT molecular complexity index is 1120. The highest BCUT2D eigenvalue weighted by Crippen LogP contribution is 2.20. The number of nitrogens with zero attached hydrogens (tertiary/aromatic N) is 2. The van der Waals surface area contributed by atoms with Gasteiger partial charge >= 0.3 is 0 Å². The monoisotopic (exact) mass is 684 g/mol. The van der Waals surface area contributed by atoms with Crippen molar-refractivity contribution in [2.24, 2.45) is 28.1 Å². The van der Waals surface area contributed by atoms with Gasteiger partial charge in [-0.25, -0.2) is 0 Å². The molecule has 13 nitrogen and oxygen atoms in total. The summed E-state index contributed by atoms with van der Waals surface area (Å²) in [5.41, 5.74) is 17.2. The van der Waals surface area contributed by atoms with Gasteiger partial charge in [0.05, 0.1) is 0 Å². The second kappa shape index (κ2) is 16.1. The first-order valence-electron chi connectivity index (χ1n) is 13.6. The van der Waals surface area contributed by atoms with Crippen LogP contribution in [0.3, 0.4) is 0 Å². The minimum atomic E-state index is -1.05. The van der Waals surface area contributed by atoms with E-state index in [1.165, 1.54) is 11.8 Å². The number of benzene rings is 1. The number of carbonyl (C=O) groups excluding carboxylic acids is 5. The molecule has 0 radical (unpaired) electrons. The highest BCUT2D eigenvalue weighted by atomic mass is 127. The number of carbonyl (C=O) groups is 5. The Morgan fingerprint density at radius 2 is 1.63 bits per heavy atom. The van der Waals surface area contributed by atoms with Crippen LogP contribution in [0.2, 0.25) is 0 Å². The van der Waals surface area contributed by atoms with Crippen LogP contribution in [-0.2, 0) is 30.4 Å². The molecule has 1 aromatic carbocycles. The minimum absolute atomic E-state index is 0.0987. The van der Waals surface area contributed by atoms with Crippen LogP contribution in [0, 0.1) is 9.49 Å². The highest BCUT2D eigenvalue weighted by molar-refractivity contribution is 14.1. The molecule has 226 valence electrons. The second-order valence-electron chi connectivity index (χ2n) is 10.4. The lowest BCUT2D eigenvalue weighted by molar-refractivity contribution is -0.141. The molecule has 0 bridgehead atoms. The molecular weight excluding hydrogens is 643 g/mol. The fourth-order valence-electron chi connectivity index (χ4n) is 4.64. The van der Waals surface area contributed by atoms with Crippen molar-refractivity contribution in [1.82, 2.24) is 20.9 Å². The predicted molar refractivity (Wildman–Crippen MR) is 163 cm³/mol. The minimum Gasteiger partial charge on any atom is -0.370 e. The van der Waals surface area contributed by atoms with Gasteiger partial charge in [0, 0.05) is 30.0 Å². The molecule has 5 amide bonds. The molecule has 0 spiro atoms. The molecule has 9 N–H and O–H groups in total. The molecule has 0 saturated carbocycles. The molecule has 1 aliphatic rings. The Morgan fingerprint density at radius 1 is 1.00 bits per heavy atom. The zero-order valence-corrected chi connectivity index (χ0v) is 25.8. The molecule has 0 aromatic heterocycles. The zero-order valence-electron chi connectivity index (χ0n) is 23.7. The zero-order chi connectivity index (χ0) is 30.7. The molecular formula is C27H41IN8O5. The molecule has 1 heterocycles. The van der Waals surface area contributed by atoms with Crippen LogP contribution in [0.25, 0.3) is 0 Å². The highest BCUT2D eigenvalue weighted by Gasteiger charge is 2.38. The summed E-state index contributed by atoms with van der Waals surface area (Å²) in [6.45, 7) is 5.42. The van der Waals surface area contributed by atoms with E-state index < -0.39 is 47.8 Å². The summed E-state index contributed by atoms with van der Waals surface area (Å²) < 4.78 is 1.01. The predicted octanol–water partition coefficient (Wildman–Crippen LogP) is -0.506. The molecule has 1 fully saturated rings. The number of halogens is 1. The van der Waals surface area contributed by atoms with Crippen molar-refractivity contribution in [3.8, 4) is 0 Å². The Morgan fingerprint density at radius 3 is 2.20 bits per heavy atom. The van der Waals surface area contributed by atoms with Gasteiger partial charge in [0.25, 0.3) is 0 Å². The maximum Gasteiger partial charge on any atom is 0.246 e. The number of nitrogens with two attached hydrogens (primary N) is 3. The van der Waals surface area contributed by atoms with Crippen molar-refractivity contribution in [3.05, 3.63) is 33.4 Å². The van der Waals surface area contributed by atoms with Crippen molar-refractivity contribution in [2.75, 3.05) is 13.1 Å². The molecule has 41 heavy (non-hydrogen) atoms. The third kappa shape index (κ3) is 10.8. The van der Waals surface area contributed by atoms with E-state index >= 15 is 0 Å². The van der Waals surface area contributed by atoms with Gasteiger partial charge in [0.15, 0.2) is 5.96 Å². The summed E-state index contributed by atoms with van der Waals surface area (Å²) in [7, 11) is 0. The van der Waals surface area contributed by atoms with Crippen molar-refractivity contribution in [2.45, 2.75) is 77.0 Å². The van der Waals surface area contributed by atoms with Crippen LogP contribution in [-0.4, -0.2) is 77.7 Å². The van der Waals surface area contributed by atoms with E-state index in [1.807, 2.05) is 24.3 Å². The van der Waals surface area contributed by atoms with Crippen LogP contribution in [0.5, 0.6) is 0 Å². The fraction of sp³-hybridized carbons (Fsp3) is 0.556. The molecule has 1 aliphatic heterocycles. The normalized spacial score (nSPS) is 16.8. The summed E-state index contributed by atoms with van der Waals surface area (Å²) in [5.74, 6) is -2.89. The third-order valence-corrected chi connectivity index (χ3v) is 7.44. The van der Waals surface area contributed by atoms with Crippen LogP contribution >= 0.6 is 22.6 Å². The molecule has 2 rings (SSSR count). The number of nitrogens with one attached hydrogen (secondary N) is 3. The Labute approximate surface area is 253 Å². The topological polar surface area (TPSA) is 215 Å². The van der Waals surface area contributed by atoms with Crippen molar-refractivity contribution >= 4 is 58.1 Å². The number of hydrogen-bond donors (Lipinski definition) is 6. The smallest absolute Gasteiger partial charge is 0.246 e. The number of hydrogen-bond acceptors (Lipinski definition) is 6. The Kier molecular flexibility index (Phi) is 13.3. The summed E-state index contributed by atoms with van der Waals surface area (Å²) in [6.07, 6.45) is 1.76. The summed E-state index contributed by atoms with van der Waals surface area (Å²) in [4.78, 5) is 69.5. The van der Waals surface area contributed by atoms with Gasteiger partial charge in [-0.1, -0.05) is 26.0 Å². The lowest BCUT2D eigenvalue weighted by atomic mass is 10.0. The first-order valence-corrected chi connectivity index (χ1v) is 14.7. The van der Waals surface area contributed by atoms with Gasteiger partial charge in [0.1, 0.15) is 24.2 Å². The maximum atomic E-state index is 13.7. The summed E-state index contributed by atoms with van der Waals surface area (Å²) >= 11 is 2.17. The van der Waals surface area contributed by atoms with Crippen molar-refractivity contribution in [1.29, 1.82) is 0 Å². The van der Waals surface area contributed by atoms with E-state index in [1.54, 1.807) is 13.8 Å². The van der Waals surface area contributed by atoms with Gasteiger partial charge in [-0.05, 0) is 71.9 Å². The Balaban J connectivity index is 2.33. The first kappa shape index (κ1) is 33.8. The number of guanidine groups is 1. The number of likely N-dealkylation sites (tertiary alicyclic amines) is 1. The van der Waals surface area contributed by atoms with Crippen LogP contribution in [0.4, 0.5) is 0 Å². The Hall–Kier alpha value is -3.43. The molecule has 4 atom stereocenters. The number of primary amides is 1. The first-order chi connectivity index (χ1) is 19.3. The van der Waals surface area contributed by atoms with E-state index in [-0.39, 0.29) is 37.2 Å². The lowest BCUT2D eigenvalue weighted by Gasteiger charge is -2.30. The van der Waals surface area contributed by atoms with Crippen LogP contribution < -0.4 is 33.2 Å². The summed E-state index contributed by atoms with van der Waals surface area (Å²) in [6, 6.07) is 3.81. The van der Waals surface area contributed by atoms with Gasteiger partial charge < -0.3 is 38.1 Å². The maximum absolute atomic E-state index is 13.7. The fourth-order valence-corrected chi connectivity index (χ4v) is 5.00. The average Bonchev–Trinajstić information content (AvgIpc) is 3.39. The standard InChI is InChI=1S/C27H41IN8O5/c1-15(2)22(33-16(3)37)25(40)34-19(6-4-12-32-27(30)31)24(39)35-20(14-17-8-10-18(28)11-9-17)26(41)36-13-5-7-21(36)23(29)38/h8-11,15,19-22H,4-7,12-14H2,1-3H3,(H2,29,38)(H,33,37)(H,34,40)(H,35,39)(H4,30,31,32)/t19-,20+,21+,22-/m0/s1. The van der Waals surface area contributed by atoms with E-state index in [0.29, 0.717) is 25.8 Å². The SMILES string of the molecule is CC(=O)N[C@H](C(=O)N[C@@H](CCCN=C(N)N)C(=O)N[C@H](Cc1ccc(I)cc1)C(=O)N1CCC[C@@H]1C(N)=O)C(C)C. The van der Waals surface area contributed by atoms with Crippen molar-refractivity contribution < 1.29 is 24.0 Å². The number of amides is 5. The second-order valence-corrected chi connectivity index (χ2v) is 11.7. The van der Waals surface area contributed by atoms with E-state index in [9.17, 15) is 24.0 Å². The third-order valence-electron chi connectivity index (χ3n) is 6.72. The molecule has 0 unspecified atom stereocenters. The molecule has 1 aromatic rings. The van der Waals surface area contributed by atoms with E-state index in [2.05, 4.69) is 43.5 Å². The molecule has 0 aliphatic carbocycles. The molecule has 14 heteroatoms. The average molecular weight is 685 g/mol. The van der Waals surface area contributed by atoms with Gasteiger partial charge in [-0.2, -0.15) is 0 Å². The lowest BCUT2D eigenvalue weighted by Crippen LogP contribution is -2.59. The van der Waals surface area contributed by atoms with E-state index in [4.69, 9.17) is 17.2 Å². The summed E-state index contributed by atoms with van der Waals surface area (Å²) in [5, 5.41) is 8.15. The quantitative estimate of drug-likeness (QED) is 0.0653. The largest absolute Gasteiger partial charge is 0.370 e. The van der Waals surface area contributed by atoms with Crippen LogP contribution in [0.1, 0.15) is 52.0 Å². The molecule has 1 saturated heterocycles. The van der Waals surface area contributed by atoms with Gasteiger partial charge in [-0.15, -0.1) is 0 Å². The van der Waals surface area contributed by atoms with Crippen LogP contribution in [0.15, 0.2) is 29.3 Å². The number of rotatable bonds is 14.